The molecule has 5 heterocycles. The van der Waals surface area contributed by atoms with Crippen molar-refractivity contribution in [1.29, 1.82) is 0 Å². The fraction of sp³-hybridized carbons (Fsp3) is 0.444. The first-order valence-electron chi connectivity index (χ1n) is 9.28. The lowest BCUT2D eigenvalue weighted by molar-refractivity contribution is 0.481. The number of hydrogen-bond donors (Lipinski definition) is 0. The third kappa shape index (κ3) is 2.63. The minimum Gasteiger partial charge on any atom is -0.352 e. The lowest BCUT2D eigenvalue weighted by Crippen LogP contribution is -2.59. The molecule has 4 aromatic rings. The van der Waals surface area contributed by atoms with Crippen molar-refractivity contribution < 1.29 is 0 Å². The maximum absolute atomic E-state index is 4.79. The normalized spacial score (nSPS) is 15.4. The van der Waals surface area contributed by atoms with E-state index in [1.165, 1.54) is 0 Å². The zero-order valence-corrected chi connectivity index (χ0v) is 16.4. The van der Waals surface area contributed by atoms with Gasteiger partial charge in [0.2, 0.25) is 0 Å². The molecular formula is C18H22N10. The monoisotopic (exact) mass is 378 g/mol. The maximum Gasteiger partial charge on any atom is 0.178 e. The second kappa shape index (κ2) is 5.85. The molecule has 4 aromatic heterocycles. The van der Waals surface area contributed by atoms with Crippen LogP contribution < -0.4 is 9.80 Å². The third-order valence-electron chi connectivity index (χ3n) is 5.16. The Balaban J connectivity index is 1.34. The van der Waals surface area contributed by atoms with Gasteiger partial charge in [0.05, 0.1) is 6.04 Å². The van der Waals surface area contributed by atoms with Crippen LogP contribution in [0.5, 0.6) is 0 Å². The van der Waals surface area contributed by atoms with E-state index in [2.05, 4.69) is 63.1 Å². The van der Waals surface area contributed by atoms with Gasteiger partial charge in [-0.05, 0) is 24.3 Å². The van der Waals surface area contributed by atoms with Crippen molar-refractivity contribution in [2.45, 2.75) is 32.2 Å². The lowest BCUT2D eigenvalue weighted by Gasteiger charge is -2.44. The second-order valence-corrected chi connectivity index (χ2v) is 8.23. The third-order valence-corrected chi connectivity index (χ3v) is 5.16. The van der Waals surface area contributed by atoms with E-state index >= 15 is 0 Å². The smallest absolute Gasteiger partial charge is 0.178 e. The molecule has 0 saturated carbocycles. The highest BCUT2D eigenvalue weighted by atomic mass is 15.4. The Kier molecular flexibility index (Phi) is 3.52. The molecule has 10 nitrogen and oxygen atoms in total. The summed E-state index contributed by atoms with van der Waals surface area (Å²) in [7, 11) is 2.06. The highest BCUT2D eigenvalue weighted by Crippen LogP contribution is 2.26. The summed E-state index contributed by atoms with van der Waals surface area (Å²) in [5, 5.41) is 25.8. The van der Waals surface area contributed by atoms with Crippen molar-refractivity contribution in [3.05, 3.63) is 36.4 Å². The molecule has 28 heavy (non-hydrogen) atoms. The largest absolute Gasteiger partial charge is 0.352 e. The van der Waals surface area contributed by atoms with Crippen molar-refractivity contribution in [1.82, 2.24) is 39.6 Å². The van der Waals surface area contributed by atoms with Crippen LogP contribution in [0.15, 0.2) is 30.6 Å². The number of hydrogen-bond acceptors (Lipinski definition) is 8. The predicted octanol–water partition coefficient (Wildman–Crippen LogP) is 1.18. The van der Waals surface area contributed by atoms with E-state index in [4.69, 9.17) is 5.10 Å². The van der Waals surface area contributed by atoms with Crippen LogP contribution in [0.2, 0.25) is 0 Å². The van der Waals surface area contributed by atoms with Crippen molar-refractivity contribution in [2.24, 2.45) is 0 Å². The summed E-state index contributed by atoms with van der Waals surface area (Å²) in [6.45, 7) is 8.11. The molecule has 0 unspecified atom stereocenters. The van der Waals surface area contributed by atoms with Crippen molar-refractivity contribution >= 4 is 22.9 Å². The molecule has 0 bridgehead atoms. The van der Waals surface area contributed by atoms with E-state index in [0.29, 0.717) is 6.04 Å². The molecular weight excluding hydrogens is 356 g/mol. The molecule has 144 valence electrons. The summed E-state index contributed by atoms with van der Waals surface area (Å²) >= 11 is 0. The Hall–Kier alpha value is -3.30. The molecule has 10 heteroatoms. The Morgan fingerprint density at radius 2 is 1.75 bits per heavy atom. The van der Waals surface area contributed by atoms with Gasteiger partial charge in [-0.15, -0.1) is 30.6 Å². The maximum atomic E-state index is 4.79. The highest BCUT2D eigenvalue weighted by molar-refractivity contribution is 5.52. The van der Waals surface area contributed by atoms with Crippen molar-refractivity contribution in [2.75, 3.05) is 29.9 Å². The first-order chi connectivity index (χ1) is 13.4. The number of likely N-dealkylation sites (N-methyl/N-ethyl adjacent to an activating group) is 1. The molecule has 0 aromatic carbocycles. The van der Waals surface area contributed by atoms with E-state index in [9.17, 15) is 0 Å². The van der Waals surface area contributed by atoms with Gasteiger partial charge in [0, 0.05) is 25.6 Å². The van der Waals surface area contributed by atoms with Crippen LogP contribution in [0.25, 0.3) is 11.3 Å². The first kappa shape index (κ1) is 16.8. The average Bonchev–Trinajstić information content (AvgIpc) is 3.25. The summed E-state index contributed by atoms with van der Waals surface area (Å²) < 4.78 is 3.55. The summed E-state index contributed by atoms with van der Waals surface area (Å²) in [4.78, 5) is 4.44. The van der Waals surface area contributed by atoms with Crippen LogP contribution >= 0.6 is 0 Å². The van der Waals surface area contributed by atoms with E-state index in [-0.39, 0.29) is 5.41 Å². The standard InChI is InChI=1S/C18H22N10/c1-18(2,3)17-22-21-14-6-8-16(24-28(14)17)26-9-12(10-26)25(4)15-7-5-13-20-19-11-27(13)23-15/h5-8,11-12H,9-10H2,1-4H3. The van der Waals surface area contributed by atoms with E-state index in [1.807, 2.05) is 28.8 Å². The Labute approximate surface area is 161 Å². The first-order valence-corrected chi connectivity index (χ1v) is 9.28. The molecule has 1 saturated heterocycles. The van der Waals surface area contributed by atoms with E-state index < -0.39 is 0 Å². The van der Waals surface area contributed by atoms with Crippen LogP contribution in [-0.4, -0.2) is 65.8 Å². The van der Waals surface area contributed by atoms with Crippen LogP contribution in [-0.2, 0) is 5.41 Å². The second-order valence-electron chi connectivity index (χ2n) is 8.23. The number of nitrogens with zero attached hydrogens (tertiary/aromatic N) is 10. The van der Waals surface area contributed by atoms with E-state index in [1.54, 1.807) is 10.8 Å². The molecule has 1 fully saturated rings. The number of fused-ring (bicyclic) bond motifs is 2. The van der Waals surface area contributed by atoms with Crippen LogP contribution in [0, 0.1) is 0 Å². The molecule has 0 radical (unpaired) electrons. The average molecular weight is 378 g/mol. The molecule has 0 atom stereocenters. The minimum atomic E-state index is -0.116. The van der Waals surface area contributed by atoms with E-state index in [0.717, 1.165) is 41.8 Å². The van der Waals surface area contributed by atoms with Crippen molar-refractivity contribution in [3.8, 4) is 0 Å². The molecule has 1 aliphatic heterocycles. The zero-order chi connectivity index (χ0) is 19.5. The summed E-state index contributed by atoms with van der Waals surface area (Å²) in [5.41, 5.74) is 1.40. The lowest BCUT2D eigenvalue weighted by atomic mass is 9.96. The SMILES string of the molecule is CN(c1ccc2nncn2n1)C1CN(c2ccc3nnc(C(C)(C)C)n3n2)C1. The molecule has 0 spiro atoms. The van der Waals surface area contributed by atoms with Gasteiger partial charge >= 0.3 is 0 Å². The molecule has 1 aliphatic rings. The molecule has 5 rings (SSSR count). The van der Waals surface area contributed by atoms with Gasteiger partial charge in [0.25, 0.3) is 0 Å². The highest BCUT2D eigenvalue weighted by Gasteiger charge is 2.32. The van der Waals surface area contributed by atoms with Gasteiger partial charge in [0.15, 0.2) is 17.1 Å². The summed E-state index contributed by atoms with van der Waals surface area (Å²) in [5.74, 6) is 2.70. The van der Waals surface area contributed by atoms with Gasteiger partial charge in [-0.2, -0.15) is 9.03 Å². The number of rotatable bonds is 3. The molecule has 0 amide bonds. The van der Waals surface area contributed by atoms with Crippen LogP contribution in [0.1, 0.15) is 26.6 Å². The van der Waals surface area contributed by atoms with Gasteiger partial charge < -0.3 is 9.80 Å². The fourth-order valence-corrected chi connectivity index (χ4v) is 3.40. The molecule has 0 aliphatic carbocycles. The fourth-order valence-electron chi connectivity index (χ4n) is 3.40. The predicted molar refractivity (Wildman–Crippen MR) is 105 cm³/mol. The topological polar surface area (TPSA) is 92.6 Å². The summed E-state index contributed by atoms with van der Waals surface area (Å²) in [6.07, 6.45) is 1.62. The Morgan fingerprint density at radius 1 is 0.964 bits per heavy atom. The van der Waals surface area contributed by atoms with Gasteiger partial charge in [0.1, 0.15) is 18.0 Å². The van der Waals surface area contributed by atoms with Gasteiger partial charge in [-0.25, -0.2) is 0 Å². The number of aromatic nitrogens is 8. The molecule has 0 N–H and O–H groups in total. The number of anilines is 2. The summed E-state index contributed by atoms with van der Waals surface area (Å²) in [6, 6.07) is 8.25. The minimum absolute atomic E-state index is 0.116. The van der Waals surface area contributed by atoms with Crippen LogP contribution in [0.3, 0.4) is 0 Å². The van der Waals surface area contributed by atoms with Gasteiger partial charge in [-0.3, -0.25) is 0 Å². The zero-order valence-electron chi connectivity index (χ0n) is 16.4. The van der Waals surface area contributed by atoms with Gasteiger partial charge in [-0.1, -0.05) is 20.8 Å². The Morgan fingerprint density at radius 3 is 2.54 bits per heavy atom. The van der Waals surface area contributed by atoms with Crippen LogP contribution in [0.4, 0.5) is 11.6 Å². The van der Waals surface area contributed by atoms with Crippen molar-refractivity contribution in [3.63, 3.8) is 0 Å². The quantitative estimate of drug-likeness (QED) is 0.525. The Bertz CT molecular complexity index is 1150.